The molecule has 0 unspecified atom stereocenters. The fraction of sp³-hybridized carbons (Fsp3) is 0.0833. The number of aromatic nitrogens is 1. The van der Waals surface area contributed by atoms with Gasteiger partial charge in [-0.25, -0.2) is 9.37 Å². The number of benzene rings is 1. The first-order valence-electron chi connectivity index (χ1n) is 4.78. The monoisotopic (exact) mass is 219 g/mol. The second-order valence-corrected chi connectivity index (χ2v) is 3.18. The molecular formula is C12H10FNO2. The zero-order valence-corrected chi connectivity index (χ0v) is 8.43. The van der Waals surface area contributed by atoms with E-state index in [1.54, 1.807) is 24.3 Å². The Hall–Kier alpha value is -1.94. The van der Waals surface area contributed by atoms with Gasteiger partial charge in [0, 0.05) is 11.6 Å². The first kappa shape index (κ1) is 10.6. The highest BCUT2D eigenvalue weighted by Crippen LogP contribution is 2.23. The third-order valence-electron chi connectivity index (χ3n) is 2.06. The molecule has 0 saturated heterocycles. The minimum Gasteiger partial charge on any atom is -0.439 e. The van der Waals surface area contributed by atoms with Crippen molar-refractivity contribution in [2.75, 3.05) is 0 Å². The highest BCUT2D eigenvalue weighted by Gasteiger charge is 2.03. The lowest BCUT2D eigenvalue weighted by Crippen LogP contribution is -1.93. The van der Waals surface area contributed by atoms with Gasteiger partial charge in [0.1, 0.15) is 11.6 Å². The van der Waals surface area contributed by atoms with Gasteiger partial charge in [0.05, 0.1) is 12.8 Å². The molecule has 82 valence electrons. The maximum absolute atomic E-state index is 12.6. The topological polar surface area (TPSA) is 42.4 Å². The number of hydrogen-bond donors (Lipinski definition) is 1. The molecule has 1 aromatic heterocycles. The number of hydrogen-bond acceptors (Lipinski definition) is 3. The summed E-state index contributed by atoms with van der Waals surface area (Å²) in [6.45, 7) is -0.114. The van der Waals surface area contributed by atoms with Crippen molar-refractivity contribution in [3.8, 4) is 11.6 Å². The van der Waals surface area contributed by atoms with Crippen LogP contribution < -0.4 is 4.74 Å². The van der Waals surface area contributed by atoms with Crippen LogP contribution in [0.2, 0.25) is 0 Å². The van der Waals surface area contributed by atoms with Crippen molar-refractivity contribution in [1.29, 1.82) is 0 Å². The summed E-state index contributed by atoms with van der Waals surface area (Å²) >= 11 is 0. The Morgan fingerprint density at radius 2 is 2.00 bits per heavy atom. The number of rotatable bonds is 3. The summed E-state index contributed by atoms with van der Waals surface area (Å²) in [6, 6.07) is 9.76. The van der Waals surface area contributed by atoms with E-state index in [4.69, 9.17) is 9.84 Å². The number of aliphatic hydroxyl groups excluding tert-OH is 1. The smallest absolute Gasteiger partial charge is 0.219 e. The molecule has 0 fully saturated rings. The minimum atomic E-state index is -0.414. The standard InChI is InChI=1S/C12H10FNO2/c13-10-5-6-12(14-7-10)16-11-4-2-1-3-9(11)8-15/h1-7,15H,8H2. The van der Waals surface area contributed by atoms with Gasteiger partial charge in [0.2, 0.25) is 5.88 Å². The van der Waals surface area contributed by atoms with Gasteiger partial charge < -0.3 is 9.84 Å². The molecule has 1 heterocycles. The van der Waals surface area contributed by atoms with E-state index in [0.29, 0.717) is 17.2 Å². The number of para-hydroxylation sites is 1. The molecule has 0 radical (unpaired) electrons. The van der Waals surface area contributed by atoms with Crippen LogP contribution in [0.1, 0.15) is 5.56 Å². The lowest BCUT2D eigenvalue weighted by molar-refractivity contribution is 0.276. The Morgan fingerprint density at radius 1 is 1.19 bits per heavy atom. The van der Waals surface area contributed by atoms with E-state index in [9.17, 15) is 4.39 Å². The molecule has 16 heavy (non-hydrogen) atoms. The highest BCUT2D eigenvalue weighted by atomic mass is 19.1. The zero-order valence-electron chi connectivity index (χ0n) is 8.43. The van der Waals surface area contributed by atoms with Gasteiger partial charge in [0.15, 0.2) is 0 Å². The number of nitrogens with zero attached hydrogens (tertiary/aromatic N) is 1. The van der Waals surface area contributed by atoms with Gasteiger partial charge in [-0.1, -0.05) is 18.2 Å². The quantitative estimate of drug-likeness (QED) is 0.862. The predicted molar refractivity (Wildman–Crippen MR) is 56.6 cm³/mol. The van der Waals surface area contributed by atoms with E-state index >= 15 is 0 Å². The van der Waals surface area contributed by atoms with E-state index in [-0.39, 0.29) is 6.61 Å². The third kappa shape index (κ3) is 2.35. The fourth-order valence-electron chi connectivity index (χ4n) is 1.27. The number of pyridine rings is 1. The predicted octanol–water partition coefficient (Wildman–Crippen LogP) is 2.51. The molecule has 3 nitrogen and oxygen atoms in total. The van der Waals surface area contributed by atoms with Crippen LogP contribution in [0, 0.1) is 5.82 Å². The lowest BCUT2D eigenvalue weighted by Gasteiger charge is -2.07. The Kier molecular flexibility index (Phi) is 3.12. The molecule has 4 heteroatoms. The molecule has 1 N–H and O–H groups in total. The van der Waals surface area contributed by atoms with Crippen molar-refractivity contribution in [2.24, 2.45) is 0 Å². The molecular weight excluding hydrogens is 209 g/mol. The second kappa shape index (κ2) is 4.72. The van der Waals surface area contributed by atoms with Crippen molar-refractivity contribution in [2.45, 2.75) is 6.61 Å². The molecule has 2 rings (SSSR count). The molecule has 1 aromatic carbocycles. The van der Waals surface area contributed by atoms with Gasteiger partial charge in [-0.05, 0) is 12.1 Å². The van der Waals surface area contributed by atoms with E-state index in [2.05, 4.69) is 4.98 Å². The second-order valence-electron chi connectivity index (χ2n) is 3.18. The SMILES string of the molecule is OCc1ccccc1Oc1ccc(F)cn1. The first-order valence-corrected chi connectivity index (χ1v) is 4.78. The Bertz CT molecular complexity index is 471. The summed E-state index contributed by atoms with van der Waals surface area (Å²) in [5.41, 5.74) is 0.661. The molecule has 0 aliphatic heterocycles. The van der Waals surface area contributed by atoms with Gasteiger partial charge in [0.25, 0.3) is 0 Å². The van der Waals surface area contributed by atoms with Gasteiger partial charge in [-0.15, -0.1) is 0 Å². The van der Waals surface area contributed by atoms with Gasteiger partial charge >= 0.3 is 0 Å². The summed E-state index contributed by atoms with van der Waals surface area (Å²) in [6.07, 6.45) is 1.08. The van der Waals surface area contributed by atoms with Crippen molar-refractivity contribution >= 4 is 0 Å². The molecule has 0 saturated carbocycles. The van der Waals surface area contributed by atoms with Crippen molar-refractivity contribution in [1.82, 2.24) is 4.98 Å². The summed E-state index contributed by atoms with van der Waals surface area (Å²) < 4.78 is 18.0. The Balaban J connectivity index is 2.23. The minimum absolute atomic E-state index is 0.114. The third-order valence-corrected chi connectivity index (χ3v) is 2.06. The van der Waals surface area contributed by atoms with E-state index < -0.39 is 5.82 Å². The molecule has 0 atom stereocenters. The van der Waals surface area contributed by atoms with Gasteiger partial charge in [-0.3, -0.25) is 0 Å². The molecule has 0 amide bonds. The number of halogens is 1. The van der Waals surface area contributed by atoms with Crippen molar-refractivity contribution in [3.63, 3.8) is 0 Å². The van der Waals surface area contributed by atoms with Crippen LogP contribution in [-0.4, -0.2) is 10.1 Å². The first-order chi connectivity index (χ1) is 7.79. The van der Waals surface area contributed by atoms with Crippen LogP contribution in [0.4, 0.5) is 4.39 Å². The summed E-state index contributed by atoms with van der Waals surface area (Å²) in [5, 5.41) is 9.08. The Labute approximate surface area is 92.1 Å². The largest absolute Gasteiger partial charge is 0.439 e. The average Bonchev–Trinajstić information content (AvgIpc) is 2.33. The molecule has 0 aliphatic rings. The highest BCUT2D eigenvalue weighted by molar-refractivity contribution is 5.35. The maximum Gasteiger partial charge on any atom is 0.219 e. The summed E-state index contributed by atoms with van der Waals surface area (Å²) in [4.78, 5) is 3.77. The Morgan fingerprint density at radius 3 is 2.69 bits per heavy atom. The molecule has 0 spiro atoms. The van der Waals surface area contributed by atoms with Crippen LogP contribution in [-0.2, 0) is 6.61 Å². The summed E-state index contributed by atoms with van der Waals surface area (Å²) in [5.74, 6) is 0.397. The van der Waals surface area contributed by atoms with Crippen LogP contribution in [0.5, 0.6) is 11.6 Å². The zero-order chi connectivity index (χ0) is 11.4. The van der Waals surface area contributed by atoms with Gasteiger partial charge in [-0.2, -0.15) is 0 Å². The van der Waals surface area contributed by atoms with Crippen LogP contribution >= 0.6 is 0 Å². The molecule has 0 aliphatic carbocycles. The van der Waals surface area contributed by atoms with E-state index in [1.807, 2.05) is 0 Å². The van der Waals surface area contributed by atoms with Crippen molar-refractivity contribution in [3.05, 3.63) is 54.0 Å². The normalized spacial score (nSPS) is 10.1. The number of aliphatic hydroxyl groups is 1. The van der Waals surface area contributed by atoms with Crippen LogP contribution in [0.3, 0.4) is 0 Å². The maximum atomic E-state index is 12.6. The fourth-order valence-corrected chi connectivity index (χ4v) is 1.27. The van der Waals surface area contributed by atoms with E-state index in [0.717, 1.165) is 6.20 Å². The van der Waals surface area contributed by atoms with Crippen LogP contribution in [0.15, 0.2) is 42.6 Å². The molecule has 2 aromatic rings. The average molecular weight is 219 g/mol. The van der Waals surface area contributed by atoms with E-state index in [1.165, 1.54) is 12.1 Å². The van der Waals surface area contributed by atoms with Crippen LogP contribution in [0.25, 0.3) is 0 Å². The lowest BCUT2D eigenvalue weighted by atomic mass is 10.2. The number of ether oxygens (including phenoxy) is 1. The van der Waals surface area contributed by atoms with Crippen molar-refractivity contribution < 1.29 is 14.2 Å². The molecule has 0 bridgehead atoms. The summed E-state index contributed by atoms with van der Waals surface area (Å²) in [7, 11) is 0.